The van der Waals surface area contributed by atoms with Crippen LogP contribution in [0.3, 0.4) is 0 Å². The van der Waals surface area contributed by atoms with Crippen molar-refractivity contribution in [2.24, 2.45) is 0 Å². The maximum atomic E-state index is 12.3. The molecule has 0 N–H and O–H groups in total. The molecule has 0 fully saturated rings. The minimum Gasteiger partial charge on any atom is -0.482 e. The Morgan fingerprint density at radius 3 is 2.52 bits per heavy atom. The second-order valence-corrected chi connectivity index (χ2v) is 7.98. The Morgan fingerprint density at radius 2 is 1.84 bits per heavy atom. The molecule has 6 nitrogen and oxygen atoms in total. The fourth-order valence-corrected chi connectivity index (χ4v) is 3.87. The van der Waals surface area contributed by atoms with Gasteiger partial charge in [-0.2, -0.15) is 0 Å². The van der Waals surface area contributed by atoms with E-state index in [4.69, 9.17) is 9.47 Å². The summed E-state index contributed by atoms with van der Waals surface area (Å²) >= 11 is 1.33. The van der Waals surface area contributed by atoms with Crippen LogP contribution in [0, 0.1) is 13.8 Å². The Balaban J connectivity index is 1.60. The van der Waals surface area contributed by atoms with E-state index in [9.17, 15) is 9.59 Å². The number of aryl methyl sites for hydroxylation is 2. The average Bonchev–Trinajstić information content (AvgIpc) is 3.22. The van der Waals surface area contributed by atoms with E-state index in [1.54, 1.807) is 10.3 Å². The van der Waals surface area contributed by atoms with Crippen LogP contribution in [0.25, 0.3) is 0 Å². The van der Waals surface area contributed by atoms with Gasteiger partial charge in [-0.25, -0.2) is 9.78 Å². The minimum atomic E-state index is -0.480. The summed E-state index contributed by atoms with van der Waals surface area (Å²) in [5, 5.41) is 2.33. The van der Waals surface area contributed by atoms with Crippen molar-refractivity contribution in [2.75, 3.05) is 11.5 Å². The SMILES string of the molecule is CCc1ccc(OCC(=O)OCc2csc(N(C(C)=O)c3cccc(C)c3C)n2)cc1. The van der Waals surface area contributed by atoms with E-state index in [-0.39, 0.29) is 19.1 Å². The van der Waals surface area contributed by atoms with E-state index in [1.165, 1.54) is 23.8 Å². The van der Waals surface area contributed by atoms with Crippen LogP contribution >= 0.6 is 11.3 Å². The first-order valence-electron chi connectivity index (χ1n) is 10.1. The van der Waals surface area contributed by atoms with Gasteiger partial charge < -0.3 is 9.47 Å². The summed E-state index contributed by atoms with van der Waals surface area (Å²) in [5.41, 5.74) is 4.70. The predicted molar refractivity (Wildman–Crippen MR) is 122 cm³/mol. The Hall–Kier alpha value is -3.19. The van der Waals surface area contributed by atoms with Crippen LogP contribution in [-0.2, 0) is 27.4 Å². The van der Waals surface area contributed by atoms with E-state index in [1.807, 2.05) is 56.3 Å². The standard InChI is InChI=1S/C24H26N2O4S/c1-5-19-9-11-21(12-10-19)29-14-23(28)30-13-20-15-31-24(25-20)26(18(4)27)22-8-6-7-16(2)17(22)3/h6-12,15H,5,13-14H2,1-4H3. The number of carbonyl (C=O) groups is 2. The van der Waals surface area contributed by atoms with Crippen molar-refractivity contribution in [1.82, 2.24) is 4.98 Å². The van der Waals surface area contributed by atoms with Gasteiger partial charge in [-0.15, -0.1) is 11.3 Å². The highest BCUT2D eigenvalue weighted by Gasteiger charge is 2.20. The summed E-state index contributed by atoms with van der Waals surface area (Å²) in [4.78, 5) is 30.4. The summed E-state index contributed by atoms with van der Waals surface area (Å²) in [6, 6.07) is 13.4. The molecule has 0 radical (unpaired) electrons. The van der Waals surface area contributed by atoms with Crippen molar-refractivity contribution in [3.63, 3.8) is 0 Å². The number of hydrogen-bond donors (Lipinski definition) is 0. The number of benzene rings is 2. The van der Waals surface area contributed by atoms with Gasteiger partial charge in [-0.05, 0) is 55.2 Å². The Morgan fingerprint density at radius 1 is 1.10 bits per heavy atom. The van der Waals surface area contributed by atoms with Gasteiger partial charge in [-0.1, -0.05) is 31.2 Å². The summed E-state index contributed by atoms with van der Waals surface area (Å²) in [6.07, 6.45) is 0.947. The number of thiazole rings is 1. The molecule has 1 amide bonds. The summed E-state index contributed by atoms with van der Waals surface area (Å²) < 4.78 is 10.7. The second-order valence-electron chi connectivity index (χ2n) is 7.14. The van der Waals surface area contributed by atoms with Gasteiger partial charge in [0.2, 0.25) is 5.91 Å². The molecule has 2 aromatic carbocycles. The molecule has 162 valence electrons. The van der Waals surface area contributed by atoms with Crippen LogP contribution in [0.2, 0.25) is 0 Å². The van der Waals surface area contributed by atoms with Crippen LogP contribution in [0.4, 0.5) is 10.8 Å². The van der Waals surface area contributed by atoms with Crippen molar-refractivity contribution in [2.45, 2.75) is 40.7 Å². The molecule has 0 aliphatic carbocycles. The molecular weight excluding hydrogens is 412 g/mol. The number of aromatic nitrogens is 1. The lowest BCUT2D eigenvalue weighted by Crippen LogP contribution is -2.23. The first-order valence-corrected chi connectivity index (χ1v) is 11.0. The maximum absolute atomic E-state index is 12.3. The third-order valence-electron chi connectivity index (χ3n) is 4.93. The summed E-state index contributed by atoms with van der Waals surface area (Å²) in [7, 11) is 0. The summed E-state index contributed by atoms with van der Waals surface area (Å²) in [6.45, 7) is 7.41. The molecule has 0 aliphatic rings. The lowest BCUT2D eigenvalue weighted by Gasteiger charge is -2.21. The quantitative estimate of drug-likeness (QED) is 0.456. The van der Waals surface area contributed by atoms with Gasteiger partial charge in [0.25, 0.3) is 0 Å². The van der Waals surface area contributed by atoms with Crippen LogP contribution in [0.15, 0.2) is 47.8 Å². The molecule has 0 saturated carbocycles. The molecule has 0 saturated heterocycles. The molecule has 0 bridgehead atoms. The van der Waals surface area contributed by atoms with E-state index in [2.05, 4.69) is 11.9 Å². The highest BCUT2D eigenvalue weighted by molar-refractivity contribution is 7.14. The molecule has 7 heteroatoms. The fourth-order valence-electron chi connectivity index (χ4n) is 3.01. The lowest BCUT2D eigenvalue weighted by molar-refractivity contribution is -0.147. The highest BCUT2D eigenvalue weighted by Crippen LogP contribution is 2.32. The van der Waals surface area contributed by atoms with Crippen molar-refractivity contribution < 1.29 is 19.1 Å². The van der Waals surface area contributed by atoms with E-state index < -0.39 is 5.97 Å². The molecule has 0 atom stereocenters. The molecule has 3 rings (SSSR count). The number of carbonyl (C=O) groups excluding carboxylic acids is 2. The largest absolute Gasteiger partial charge is 0.482 e. The Kier molecular flexibility index (Phi) is 7.41. The van der Waals surface area contributed by atoms with Gasteiger partial charge in [0.15, 0.2) is 11.7 Å². The van der Waals surface area contributed by atoms with Crippen LogP contribution < -0.4 is 9.64 Å². The second kappa shape index (κ2) is 10.2. The zero-order valence-electron chi connectivity index (χ0n) is 18.2. The van der Waals surface area contributed by atoms with Crippen LogP contribution in [0.5, 0.6) is 5.75 Å². The van der Waals surface area contributed by atoms with E-state index >= 15 is 0 Å². The van der Waals surface area contributed by atoms with E-state index in [0.29, 0.717) is 16.6 Å². The predicted octanol–water partition coefficient (Wildman–Crippen LogP) is 5.13. The topological polar surface area (TPSA) is 68.7 Å². The van der Waals surface area contributed by atoms with Crippen molar-refractivity contribution >= 4 is 34.0 Å². The molecule has 1 heterocycles. The Bertz CT molecular complexity index is 1060. The number of ether oxygens (including phenoxy) is 2. The van der Waals surface area contributed by atoms with Gasteiger partial charge in [-0.3, -0.25) is 9.69 Å². The summed E-state index contributed by atoms with van der Waals surface area (Å²) in [5.74, 6) is 0.0110. The fraction of sp³-hybridized carbons (Fsp3) is 0.292. The average molecular weight is 439 g/mol. The zero-order valence-corrected chi connectivity index (χ0v) is 19.0. The molecule has 31 heavy (non-hydrogen) atoms. The molecule has 0 aliphatic heterocycles. The molecule has 0 spiro atoms. The van der Waals surface area contributed by atoms with Gasteiger partial charge >= 0.3 is 5.97 Å². The number of esters is 1. The molecular formula is C24H26N2O4S. The van der Waals surface area contributed by atoms with Crippen molar-refractivity contribution in [3.05, 3.63) is 70.2 Å². The molecule has 1 aromatic heterocycles. The van der Waals surface area contributed by atoms with Crippen LogP contribution in [-0.4, -0.2) is 23.5 Å². The molecule has 3 aromatic rings. The minimum absolute atomic E-state index is 0.0199. The third-order valence-corrected chi connectivity index (χ3v) is 5.81. The van der Waals surface area contributed by atoms with Gasteiger partial charge in [0.1, 0.15) is 12.4 Å². The smallest absolute Gasteiger partial charge is 0.344 e. The zero-order chi connectivity index (χ0) is 22.4. The van der Waals surface area contributed by atoms with E-state index in [0.717, 1.165) is 23.2 Å². The Labute approximate surface area is 186 Å². The number of anilines is 2. The number of amides is 1. The monoisotopic (exact) mass is 438 g/mol. The normalized spacial score (nSPS) is 10.6. The lowest BCUT2D eigenvalue weighted by atomic mass is 10.1. The first-order chi connectivity index (χ1) is 14.9. The van der Waals surface area contributed by atoms with Crippen LogP contribution in [0.1, 0.15) is 36.2 Å². The highest BCUT2D eigenvalue weighted by atomic mass is 32.1. The third kappa shape index (κ3) is 5.70. The molecule has 0 unspecified atom stereocenters. The van der Waals surface area contributed by atoms with Gasteiger partial charge in [0, 0.05) is 12.3 Å². The number of nitrogens with zero attached hydrogens (tertiary/aromatic N) is 2. The number of rotatable bonds is 8. The first kappa shape index (κ1) is 22.5. The maximum Gasteiger partial charge on any atom is 0.344 e. The van der Waals surface area contributed by atoms with Crippen molar-refractivity contribution in [3.8, 4) is 5.75 Å². The number of hydrogen-bond acceptors (Lipinski definition) is 6. The van der Waals surface area contributed by atoms with Crippen molar-refractivity contribution in [1.29, 1.82) is 0 Å². The van der Waals surface area contributed by atoms with Gasteiger partial charge in [0.05, 0.1) is 11.4 Å².